The van der Waals surface area contributed by atoms with Crippen molar-refractivity contribution in [2.24, 2.45) is 0 Å². The van der Waals surface area contributed by atoms with Crippen LogP contribution in [-0.4, -0.2) is 60.2 Å². The van der Waals surface area contributed by atoms with Gasteiger partial charge in [-0.05, 0) is 12.1 Å². The lowest BCUT2D eigenvalue weighted by atomic mass is 9.96. The Bertz CT molecular complexity index is 1100. The van der Waals surface area contributed by atoms with Crippen molar-refractivity contribution in [1.29, 1.82) is 0 Å². The van der Waals surface area contributed by atoms with E-state index >= 15 is 0 Å². The fourth-order valence-corrected chi connectivity index (χ4v) is 4.90. The normalized spacial score (nSPS) is 16.4. The number of carbonyl (C=O) groups excluding carboxylic acids is 3. The van der Waals surface area contributed by atoms with Crippen LogP contribution < -0.4 is 4.90 Å². The number of piperazine rings is 1. The van der Waals surface area contributed by atoms with E-state index in [-0.39, 0.29) is 30.3 Å². The van der Waals surface area contributed by atoms with Crippen LogP contribution in [0.25, 0.3) is 0 Å². The number of imide groups is 1. The fraction of sp³-hybridized carbons (Fsp3) is 0.222. The first-order valence-electron chi connectivity index (χ1n) is 11.3. The van der Waals surface area contributed by atoms with Gasteiger partial charge in [0.1, 0.15) is 12.6 Å². The summed E-state index contributed by atoms with van der Waals surface area (Å²) in [6, 6.07) is 27.8. The largest absolute Gasteiger partial charge is 0.330 e. The summed E-state index contributed by atoms with van der Waals surface area (Å²) in [5.41, 5.74) is 3.25. The highest BCUT2D eigenvalue weighted by molar-refractivity contribution is 6.22. The number of hydrogen-bond acceptors (Lipinski definition) is 3. The molecule has 166 valence electrons. The molecule has 2 heterocycles. The van der Waals surface area contributed by atoms with Gasteiger partial charge in [0.05, 0.1) is 37.3 Å². The van der Waals surface area contributed by atoms with Crippen molar-refractivity contribution < 1.29 is 19.3 Å². The van der Waals surface area contributed by atoms with Crippen molar-refractivity contribution in [3.8, 4) is 0 Å². The Morgan fingerprint density at radius 2 is 1.18 bits per heavy atom. The monoisotopic (exact) mass is 440 g/mol. The van der Waals surface area contributed by atoms with Gasteiger partial charge in [-0.15, -0.1) is 0 Å². The van der Waals surface area contributed by atoms with Crippen LogP contribution in [-0.2, 0) is 4.79 Å². The van der Waals surface area contributed by atoms with Gasteiger partial charge in [0.15, 0.2) is 0 Å². The number of hydrogen-bond donors (Lipinski definition) is 1. The lowest BCUT2D eigenvalue weighted by molar-refractivity contribution is -0.929. The molecular formula is C27H26N3O3+. The van der Waals surface area contributed by atoms with E-state index in [0.29, 0.717) is 24.2 Å². The molecule has 6 heteroatoms. The summed E-state index contributed by atoms with van der Waals surface area (Å²) in [6.07, 6.45) is 0. The maximum absolute atomic E-state index is 13.0. The molecule has 1 fully saturated rings. The summed E-state index contributed by atoms with van der Waals surface area (Å²) in [5, 5.41) is 0. The molecule has 2 aliphatic rings. The molecule has 0 bridgehead atoms. The molecule has 6 nitrogen and oxygen atoms in total. The number of carbonyl (C=O) groups is 3. The molecule has 3 amide bonds. The van der Waals surface area contributed by atoms with Gasteiger partial charge in [-0.2, -0.15) is 0 Å². The van der Waals surface area contributed by atoms with Crippen molar-refractivity contribution in [3.05, 3.63) is 107 Å². The molecule has 1 saturated heterocycles. The second-order valence-corrected chi connectivity index (χ2v) is 8.54. The van der Waals surface area contributed by atoms with Crippen LogP contribution in [0.15, 0.2) is 84.9 Å². The van der Waals surface area contributed by atoms with Crippen LogP contribution in [0.2, 0.25) is 0 Å². The molecule has 0 radical (unpaired) electrons. The van der Waals surface area contributed by atoms with E-state index in [4.69, 9.17) is 0 Å². The minimum absolute atomic E-state index is 0.181. The van der Waals surface area contributed by atoms with Crippen LogP contribution >= 0.6 is 0 Å². The summed E-state index contributed by atoms with van der Waals surface area (Å²) in [6.45, 7) is 2.56. The third kappa shape index (κ3) is 4.05. The van der Waals surface area contributed by atoms with E-state index in [1.165, 1.54) is 16.0 Å². The molecule has 1 N–H and O–H groups in total. The molecule has 5 rings (SSSR count). The van der Waals surface area contributed by atoms with Gasteiger partial charge in [-0.25, -0.2) is 0 Å². The first kappa shape index (κ1) is 21.1. The van der Waals surface area contributed by atoms with Crippen LogP contribution in [0, 0.1) is 0 Å². The summed E-state index contributed by atoms with van der Waals surface area (Å²) in [4.78, 5) is 42.5. The number of benzene rings is 3. The van der Waals surface area contributed by atoms with E-state index in [1.807, 2.05) is 12.1 Å². The lowest BCUT2D eigenvalue weighted by Gasteiger charge is -2.37. The van der Waals surface area contributed by atoms with Gasteiger partial charge in [0, 0.05) is 11.1 Å². The first-order chi connectivity index (χ1) is 16.1. The number of amides is 3. The second-order valence-electron chi connectivity index (χ2n) is 8.54. The molecule has 33 heavy (non-hydrogen) atoms. The van der Waals surface area contributed by atoms with Gasteiger partial charge in [0.25, 0.3) is 11.8 Å². The summed E-state index contributed by atoms with van der Waals surface area (Å²) < 4.78 is 0. The zero-order valence-corrected chi connectivity index (χ0v) is 18.3. The summed E-state index contributed by atoms with van der Waals surface area (Å²) >= 11 is 0. The Labute approximate surface area is 193 Å². The number of quaternary nitrogens is 1. The van der Waals surface area contributed by atoms with Gasteiger partial charge < -0.3 is 9.80 Å². The maximum atomic E-state index is 13.0. The number of fused-ring (bicyclic) bond motifs is 1. The van der Waals surface area contributed by atoms with Gasteiger partial charge in [-0.3, -0.25) is 19.3 Å². The highest BCUT2D eigenvalue weighted by Gasteiger charge is 2.38. The zero-order chi connectivity index (χ0) is 22.8. The van der Waals surface area contributed by atoms with Crippen molar-refractivity contribution >= 4 is 17.7 Å². The van der Waals surface area contributed by atoms with Gasteiger partial charge >= 0.3 is 0 Å². The van der Waals surface area contributed by atoms with Crippen LogP contribution in [0.3, 0.4) is 0 Å². The molecule has 0 aromatic heterocycles. The van der Waals surface area contributed by atoms with E-state index in [9.17, 15) is 14.4 Å². The van der Waals surface area contributed by atoms with Crippen molar-refractivity contribution in [3.63, 3.8) is 0 Å². The molecule has 3 aromatic carbocycles. The molecule has 0 atom stereocenters. The predicted octanol–water partition coefficient (Wildman–Crippen LogP) is 1.80. The van der Waals surface area contributed by atoms with Crippen LogP contribution in [0.4, 0.5) is 0 Å². The van der Waals surface area contributed by atoms with Crippen molar-refractivity contribution in [2.45, 2.75) is 6.04 Å². The topological polar surface area (TPSA) is 62.1 Å². The van der Waals surface area contributed by atoms with E-state index in [0.717, 1.165) is 18.0 Å². The lowest BCUT2D eigenvalue weighted by Crippen LogP contribution is -3.15. The van der Waals surface area contributed by atoms with Gasteiger partial charge in [0.2, 0.25) is 5.91 Å². The summed E-state index contributed by atoms with van der Waals surface area (Å²) in [5.74, 6) is -0.956. The third-order valence-corrected chi connectivity index (χ3v) is 6.60. The second kappa shape index (κ2) is 9.00. The molecular weight excluding hydrogens is 414 g/mol. The molecule has 2 aliphatic heterocycles. The highest BCUT2D eigenvalue weighted by Crippen LogP contribution is 2.23. The van der Waals surface area contributed by atoms with Crippen molar-refractivity contribution in [2.75, 3.05) is 32.7 Å². The quantitative estimate of drug-likeness (QED) is 0.616. The molecule has 0 saturated carbocycles. The minimum Gasteiger partial charge on any atom is -0.330 e. The Hall–Kier alpha value is -3.77. The van der Waals surface area contributed by atoms with Crippen LogP contribution in [0.5, 0.6) is 0 Å². The number of nitrogens with zero attached hydrogens (tertiary/aromatic N) is 2. The molecule has 0 unspecified atom stereocenters. The van der Waals surface area contributed by atoms with E-state index in [1.54, 1.807) is 29.2 Å². The predicted molar refractivity (Wildman–Crippen MR) is 124 cm³/mol. The average Bonchev–Trinajstić information content (AvgIpc) is 3.11. The zero-order valence-electron chi connectivity index (χ0n) is 18.3. The average molecular weight is 441 g/mol. The number of rotatable bonds is 5. The Balaban J connectivity index is 1.26. The SMILES string of the molecule is O=C(CN1C(=O)c2ccccc2C1=O)N1CC[NH+](C(c2ccccc2)c2ccccc2)CC1. The Morgan fingerprint density at radius 1 is 0.727 bits per heavy atom. The van der Waals surface area contributed by atoms with E-state index < -0.39 is 0 Å². The van der Waals surface area contributed by atoms with Crippen molar-refractivity contribution in [1.82, 2.24) is 9.80 Å². The molecule has 3 aromatic rings. The Kier molecular flexibility index (Phi) is 5.75. The standard InChI is InChI=1S/C27H25N3O3/c31-24(19-30-26(32)22-13-7-8-14-23(22)27(30)33)28-15-17-29(18-16-28)25(20-9-3-1-4-10-20)21-11-5-2-6-12-21/h1-14,25H,15-19H2/p+1. The first-order valence-corrected chi connectivity index (χ1v) is 11.3. The highest BCUT2D eigenvalue weighted by atomic mass is 16.2. The smallest absolute Gasteiger partial charge is 0.262 e. The molecule has 0 aliphatic carbocycles. The van der Waals surface area contributed by atoms with E-state index in [2.05, 4.69) is 48.5 Å². The molecule has 0 spiro atoms. The minimum atomic E-state index is -0.388. The van der Waals surface area contributed by atoms with Gasteiger partial charge in [-0.1, -0.05) is 72.8 Å². The number of nitrogens with one attached hydrogen (secondary N) is 1. The summed E-state index contributed by atoms with van der Waals surface area (Å²) in [7, 11) is 0. The fourth-order valence-electron chi connectivity index (χ4n) is 4.90. The third-order valence-electron chi connectivity index (χ3n) is 6.60. The van der Waals surface area contributed by atoms with Crippen LogP contribution in [0.1, 0.15) is 37.9 Å². The maximum Gasteiger partial charge on any atom is 0.262 e. The Morgan fingerprint density at radius 3 is 1.67 bits per heavy atom.